The lowest BCUT2D eigenvalue weighted by atomic mass is 10.3. The van der Waals surface area contributed by atoms with Gasteiger partial charge in [-0.15, -0.1) is 0 Å². The molecule has 0 bridgehead atoms. The van der Waals surface area contributed by atoms with Crippen LogP contribution in [0, 0.1) is 5.82 Å². The molecule has 1 aliphatic heterocycles. The van der Waals surface area contributed by atoms with E-state index < -0.39 is 0 Å². The molecule has 0 radical (unpaired) electrons. The normalized spacial score (nSPS) is 21.0. The molecule has 2 heterocycles. The molecular formula is C10H13ClFN3. The Bertz CT molecular complexity index is 359. The van der Waals surface area contributed by atoms with Gasteiger partial charge >= 0.3 is 0 Å². The summed E-state index contributed by atoms with van der Waals surface area (Å²) in [5.74, 6) is -0.351. The van der Waals surface area contributed by atoms with Crippen LogP contribution >= 0.6 is 11.6 Å². The highest BCUT2D eigenvalue weighted by Gasteiger charge is 2.25. The molecule has 1 fully saturated rings. The highest BCUT2D eigenvalue weighted by molar-refractivity contribution is 6.32. The third-order valence-electron chi connectivity index (χ3n) is 2.68. The van der Waals surface area contributed by atoms with Gasteiger partial charge in [0.05, 0.1) is 18.1 Å². The van der Waals surface area contributed by atoms with Gasteiger partial charge in [0.2, 0.25) is 0 Å². The largest absolute Gasteiger partial charge is 0.353 e. The van der Waals surface area contributed by atoms with Gasteiger partial charge in [-0.05, 0) is 19.9 Å². The molecule has 5 heteroatoms. The zero-order valence-corrected chi connectivity index (χ0v) is 9.26. The lowest BCUT2D eigenvalue weighted by molar-refractivity contribution is 0.577. The molecule has 0 aromatic carbocycles. The lowest BCUT2D eigenvalue weighted by Gasteiger charge is -2.26. The van der Waals surface area contributed by atoms with Crippen molar-refractivity contribution >= 4 is 17.3 Å². The van der Waals surface area contributed by atoms with Crippen molar-refractivity contribution in [2.75, 3.05) is 18.5 Å². The summed E-state index contributed by atoms with van der Waals surface area (Å²) in [6.07, 6.45) is 3.49. The Morgan fingerprint density at radius 3 is 3.20 bits per heavy atom. The van der Waals surface area contributed by atoms with Crippen LogP contribution in [-0.2, 0) is 0 Å². The fourth-order valence-electron chi connectivity index (χ4n) is 1.97. The van der Waals surface area contributed by atoms with Gasteiger partial charge in [0.15, 0.2) is 5.15 Å². The predicted octanol–water partition coefficient (Wildman–Crippen LogP) is 2.02. The van der Waals surface area contributed by atoms with Gasteiger partial charge in [-0.1, -0.05) is 11.6 Å². The van der Waals surface area contributed by atoms with Crippen LogP contribution < -0.4 is 10.2 Å². The Morgan fingerprint density at radius 1 is 1.67 bits per heavy atom. The van der Waals surface area contributed by atoms with E-state index in [0.717, 1.165) is 25.6 Å². The van der Waals surface area contributed by atoms with E-state index in [1.807, 2.05) is 7.05 Å². The van der Waals surface area contributed by atoms with Crippen molar-refractivity contribution in [1.29, 1.82) is 0 Å². The third-order valence-corrected chi connectivity index (χ3v) is 2.97. The van der Waals surface area contributed by atoms with Crippen LogP contribution in [0.4, 0.5) is 10.1 Å². The predicted molar refractivity (Wildman–Crippen MR) is 58.6 cm³/mol. The van der Waals surface area contributed by atoms with E-state index in [4.69, 9.17) is 11.6 Å². The fourth-order valence-corrected chi connectivity index (χ4v) is 2.18. The smallest absolute Gasteiger partial charge is 0.152 e. The van der Waals surface area contributed by atoms with Gasteiger partial charge in [-0.3, -0.25) is 0 Å². The molecule has 3 nitrogen and oxygen atoms in total. The second-order valence-corrected chi connectivity index (χ2v) is 3.96. The quantitative estimate of drug-likeness (QED) is 0.787. The highest BCUT2D eigenvalue weighted by atomic mass is 35.5. The van der Waals surface area contributed by atoms with Crippen LogP contribution in [0.5, 0.6) is 0 Å². The maximum absolute atomic E-state index is 13.1. The number of aromatic nitrogens is 1. The van der Waals surface area contributed by atoms with Crippen molar-refractivity contribution in [3.63, 3.8) is 0 Å². The number of hydrogen-bond acceptors (Lipinski definition) is 3. The van der Waals surface area contributed by atoms with Gasteiger partial charge in [-0.2, -0.15) is 0 Å². The molecule has 0 saturated carbocycles. The van der Waals surface area contributed by atoms with Gasteiger partial charge < -0.3 is 10.2 Å². The summed E-state index contributed by atoms with van der Waals surface area (Å²) in [5.41, 5.74) is 0.675. The first-order chi connectivity index (χ1) is 7.22. The van der Waals surface area contributed by atoms with Gasteiger partial charge in [-0.25, -0.2) is 9.37 Å². The first-order valence-electron chi connectivity index (χ1n) is 4.97. The van der Waals surface area contributed by atoms with Crippen molar-refractivity contribution in [3.8, 4) is 0 Å². The molecule has 1 unspecified atom stereocenters. The zero-order chi connectivity index (χ0) is 10.8. The Hall–Kier alpha value is -0.870. The van der Waals surface area contributed by atoms with Crippen LogP contribution in [-0.4, -0.2) is 24.7 Å². The molecular weight excluding hydrogens is 217 g/mol. The first kappa shape index (κ1) is 10.6. The first-order valence-corrected chi connectivity index (χ1v) is 5.35. The molecule has 1 aliphatic rings. The third kappa shape index (κ3) is 2.06. The van der Waals surface area contributed by atoms with E-state index in [9.17, 15) is 4.39 Å². The highest BCUT2D eigenvalue weighted by Crippen LogP contribution is 2.29. The second-order valence-electron chi connectivity index (χ2n) is 3.60. The van der Waals surface area contributed by atoms with Crippen LogP contribution in [0.25, 0.3) is 0 Å². The summed E-state index contributed by atoms with van der Waals surface area (Å²) in [6, 6.07) is 1.44. The number of hydrogen-bond donors (Lipinski definition) is 1. The Morgan fingerprint density at radius 2 is 2.47 bits per heavy atom. The van der Waals surface area contributed by atoms with Crippen molar-refractivity contribution in [2.45, 2.75) is 19.0 Å². The molecule has 1 N–H and O–H groups in total. The van der Waals surface area contributed by atoms with Crippen molar-refractivity contribution in [1.82, 2.24) is 10.3 Å². The molecule has 1 aromatic rings. The van der Waals surface area contributed by atoms with E-state index >= 15 is 0 Å². The Kier molecular flexibility index (Phi) is 3.07. The minimum atomic E-state index is -0.351. The number of nitrogens with zero attached hydrogens (tertiary/aromatic N) is 2. The summed E-state index contributed by atoms with van der Waals surface area (Å²) >= 11 is 5.95. The van der Waals surface area contributed by atoms with E-state index in [0.29, 0.717) is 10.8 Å². The number of pyridine rings is 1. The molecule has 1 atom stereocenters. The summed E-state index contributed by atoms with van der Waals surface area (Å²) in [5, 5.41) is 3.54. The molecule has 1 aromatic heterocycles. The summed E-state index contributed by atoms with van der Waals surface area (Å²) in [7, 11) is 1.89. The molecule has 0 amide bonds. The van der Waals surface area contributed by atoms with Crippen molar-refractivity contribution < 1.29 is 4.39 Å². The molecule has 0 aliphatic carbocycles. The van der Waals surface area contributed by atoms with Crippen molar-refractivity contribution in [3.05, 3.63) is 23.2 Å². The van der Waals surface area contributed by atoms with Gasteiger partial charge in [0.25, 0.3) is 0 Å². The summed E-state index contributed by atoms with van der Waals surface area (Å²) in [6.45, 7) is 0.885. The molecule has 82 valence electrons. The number of rotatable bonds is 2. The van der Waals surface area contributed by atoms with E-state index in [1.165, 1.54) is 6.07 Å². The van der Waals surface area contributed by atoms with Crippen LogP contribution in [0.2, 0.25) is 5.15 Å². The van der Waals surface area contributed by atoms with Gasteiger partial charge in [0, 0.05) is 12.6 Å². The average molecular weight is 230 g/mol. The number of nitrogens with one attached hydrogen (secondary N) is 1. The van der Waals surface area contributed by atoms with E-state index in [-0.39, 0.29) is 12.0 Å². The Balaban J connectivity index is 2.31. The minimum Gasteiger partial charge on any atom is -0.353 e. The van der Waals surface area contributed by atoms with Crippen molar-refractivity contribution in [2.24, 2.45) is 0 Å². The topological polar surface area (TPSA) is 28.2 Å². The molecule has 2 rings (SSSR count). The summed E-state index contributed by atoms with van der Waals surface area (Å²) < 4.78 is 13.1. The maximum Gasteiger partial charge on any atom is 0.152 e. The summed E-state index contributed by atoms with van der Waals surface area (Å²) in [4.78, 5) is 5.87. The standard InChI is InChI=1S/C10H13ClFN3/c1-13-9-3-2-4-15(9)8-5-7(12)6-14-10(8)11/h5-6,9,13H,2-4H2,1H3. The zero-order valence-electron chi connectivity index (χ0n) is 8.50. The fraction of sp³-hybridized carbons (Fsp3) is 0.500. The second kappa shape index (κ2) is 4.33. The minimum absolute atomic E-state index is 0.228. The lowest BCUT2D eigenvalue weighted by Crippen LogP contribution is -2.39. The van der Waals surface area contributed by atoms with Crippen LogP contribution in [0.3, 0.4) is 0 Å². The van der Waals surface area contributed by atoms with E-state index in [2.05, 4.69) is 15.2 Å². The molecule has 15 heavy (non-hydrogen) atoms. The van der Waals surface area contributed by atoms with E-state index in [1.54, 1.807) is 0 Å². The monoisotopic (exact) mass is 229 g/mol. The number of anilines is 1. The Labute approximate surface area is 93.2 Å². The van der Waals surface area contributed by atoms with Gasteiger partial charge in [0.1, 0.15) is 5.82 Å². The maximum atomic E-state index is 13.1. The SMILES string of the molecule is CNC1CCCN1c1cc(F)cnc1Cl. The molecule has 1 saturated heterocycles. The number of halogens is 2. The van der Waals surface area contributed by atoms with Crippen LogP contribution in [0.1, 0.15) is 12.8 Å². The molecule has 0 spiro atoms. The van der Waals surface area contributed by atoms with Crippen LogP contribution in [0.15, 0.2) is 12.3 Å². The average Bonchev–Trinajstić information content (AvgIpc) is 2.69.